The van der Waals surface area contributed by atoms with Crippen molar-refractivity contribution in [3.63, 3.8) is 0 Å². The Kier molecular flexibility index (Phi) is 10.6. The van der Waals surface area contributed by atoms with E-state index in [1.54, 1.807) is 12.1 Å². The number of benzene rings is 4. The number of aromatic nitrogens is 1. The maximum absolute atomic E-state index is 12.7. The van der Waals surface area contributed by atoms with Crippen molar-refractivity contribution < 1.29 is 23.1 Å². The highest BCUT2D eigenvalue weighted by atomic mass is 35.5. The van der Waals surface area contributed by atoms with E-state index in [1.165, 1.54) is 12.1 Å². The largest absolute Gasteiger partial charge is 0.493 e. The number of ether oxygens (including phenoxy) is 1. The minimum absolute atomic E-state index is 0.0973. The summed E-state index contributed by atoms with van der Waals surface area (Å²) in [5.74, 6) is -0.328. The van der Waals surface area contributed by atoms with Crippen LogP contribution in [0.25, 0.3) is 10.9 Å². The molecule has 234 valence electrons. The first kappa shape index (κ1) is 32.3. The monoisotopic (exact) mass is 644 g/mol. The molecule has 0 amide bonds. The van der Waals surface area contributed by atoms with Gasteiger partial charge in [-0.15, -0.1) is 0 Å². The number of fused-ring (bicyclic) bond motifs is 1. The van der Waals surface area contributed by atoms with Gasteiger partial charge in [0.25, 0.3) is 0 Å². The number of halogens is 1. The average Bonchev–Trinajstić information content (AvgIpc) is 3.33. The predicted molar refractivity (Wildman–Crippen MR) is 180 cm³/mol. The van der Waals surface area contributed by atoms with Gasteiger partial charge in [0.1, 0.15) is 5.75 Å². The van der Waals surface area contributed by atoms with Crippen molar-refractivity contribution in [1.82, 2.24) is 9.29 Å². The summed E-state index contributed by atoms with van der Waals surface area (Å²) in [6, 6.07) is 32.6. The molecule has 45 heavy (non-hydrogen) atoms. The van der Waals surface area contributed by atoms with Crippen LogP contribution in [0.1, 0.15) is 58.5 Å². The molecule has 7 nitrogen and oxygen atoms in total. The summed E-state index contributed by atoms with van der Waals surface area (Å²) in [6.07, 6.45) is 2.39. The fraction of sp³-hybridized carbons (Fsp3) is 0.250. The van der Waals surface area contributed by atoms with E-state index in [4.69, 9.17) is 16.3 Å². The highest BCUT2D eigenvalue weighted by Crippen LogP contribution is 2.37. The number of aromatic carboxylic acids is 1. The Hall–Kier alpha value is -4.11. The average molecular weight is 645 g/mol. The Morgan fingerprint density at radius 2 is 1.56 bits per heavy atom. The van der Waals surface area contributed by atoms with Gasteiger partial charge in [-0.25, -0.2) is 17.9 Å². The second-order valence-corrected chi connectivity index (χ2v) is 13.3. The van der Waals surface area contributed by atoms with Crippen molar-refractivity contribution >= 4 is 38.5 Å². The zero-order valence-corrected chi connectivity index (χ0v) is 26.7. The van der Waals surface area contributed by atoms with Gasteiger partial charge in [-0.1, -0.05) is 85.6 Å². The number of rotatable bonds is 15. The lowest BCUT2D eigenvalue weighted by molar-refractivity contribution is 0.0697. The van der Waals surface area contributed by atoms with Gasteiger partial charge in [-0.3, -0.25) is 0 Å². The molecule has 5 aromatic rings. The van der Waals surface area contributed by atoms with Crippen LogP contribution in [0.4, 0.5) is 0 Å². The van der Waals surface area contributed by atoms with Crippen molar-refractivity contribution in [2.24, 2.45) is 0 Å². The molecule has 0 aliphatic heterocycles. The lowest BCUT2D eigenvalue weighted by Gasteiger charge is -2.25. The number of carbonyl (C=O) groups is 1. The number of carboxylic acids is 1. The Morgan fingerprint density at radius 1 is 0.911 bits per heavy atom. The highest BCUT2D eigenvalue weighted by Gasteiger charge is 2.26. The molecule has 0 bridgehead atoms. The second kappa shape index (κ2) is 14.8. The van der Waals surface area contributed by atoms with Crippen LogP contribution >= 0.6 is 11.6 Å². The Bertz CT molecular complexity index is 1800. The molecule has 2 N–H and O–H groups in total. The summed E-state index contributed by atoms with van der Waals surface area (Å²) in [6.45, 7) is 2.55. The van der Waals surface area contributed by atoms with Crippen LogP contribution in [-0.2, 0) is 22.9 Å². The quantitative estimate of drug-likeness (QED) is 0.123. The number of hydrogen-bond donors (Lipinski definition) is 2. The smallest absolute Gasteiger partial charge is 0.335 e. The number of unbranched alkanes of at least 4 members (excludes halogenated alkanes) is 1. The van der Waals surface area contributed by atoms with E-state index in [9.17, 15) is 18.3 Å². The van der Waals surface area contributed by atoms with Gasteiger partial charge >= 0.3 is 5.97 Å². The fourth-order valence-corrected chi connectivity index (χ4v) is 7.11. The Labute approximate surface area is 269 Å². The normalized spacial score (nSPS) is 11.7. The fourth-order valence-electron chi connectivity index (χ4n) is 5.71. The predicted octanol–water partition coefficient (Wildman–Crippen LogP) is 7.51. The molecule has 0 saturated heterocycles. The lowest BCUT2D eigenvalue weighted by Crippen LogP contribution is -2.29. The van der Waals surface area contributed by atoms with Crippen LogP contribution in [0.15, 0.2) is 103 Å². The zero-order chi connectivity index (χ0) is 31.8. The molecule has 0 unspecified atom stereocenters. The summed E-state index contributed by atoms with van der Waals surface area (Å²) >= 11 is 6.57. The molecular weight excluding hydrogens is 608 g/mol. The molecule has 0 aliphatic carbocycles. The summed E-state index contributed by atoms with van der Waals surface area (Å²) in [4.78, 5) is 11.3. The van der Waals surface area contributed by atoms with Crippen LogP contribution in [-0.4, -0.2) is 43.0 Å². The summed E-state index contributed by atoms with van der Waals surface area (Å²) in [7, 11) is -3.41. The van der Waals surface area contributed by atoms with Crippen molar-refractivity contribution in [3.8, 4) is 5.75 Å². The van der Waals surface area contributed by atoms with Crippen molar-refractivity contribution in [3.05, 3.63) is 136 Å². The molecule has 4 aromatic carbocycles. The third-order valence-corrected chi connectivity index (χ3v) is 9.55. The van der Waals surface area contributed by atoms with E-state index < -0.39 is 16.0 Å². The number of nitrogens with zero attached hydrogens (tertiary/aromatic N) is 1. The van der Waals surface area contributed by atoms with Crippen molar-refractivity contribution in [1.29, 1.82) is 0 Å². The second-order valence-electron chi connectivity index (χ2n) is 10.9. The Balaban J connectivity index is 1.59. The topological polar surface area (TPSA) is 97.6 Å². The van der Waals surface area contributed by atoms with Crippen LogP contribution in [0.2, 0.25) is 5.02 Å². The molecule has 0 saturated carbocycles. The van der Waals surface area contributed by atoms with Gasteiger partial charge in [0.15, 0.2) is 0 Å². The van der Waals surface area contributed by atoms with E-state index in [-0.39, 0.29) is 23.9 Å². The molecule has 5 rings (SSSR count). The maximum atomic E-state index is 12.7. The molecule has 0 fully saturated rings. The van der Waals surface area contributed by atoms with Gasteiger partial charge in [0.05, 0.1) is 24.0 Å². The summed E-state index contributed by atoms with van der Waals surface area (Å²) in [5, 5.41) is 10.8. The summed E-state index contributed by atoms with van der Waals surface area (Å²) in [5.41, 5.74) is 5.40. The van der Waals surface area contributed by atoms with Crippen LogP contribution in [0.3, 0.4) is 0 Å². The first-order valence-electron chi connectivity index (χ1n) is 15.1. The van der Waals surface area contributed by atoms with Gasteiger partial charge < -0.3 is 14.4 Å². The van der Waals surface area contributed by atoms with Crippen molar-refractivity contribution in [2.75, 3.05) is 18.9 Å². The molecule has 0 aliphatic rings. The number of carboxylic acid groups (broad SMARTS) is 1. The van der Waals surface area contributed by atoms with Crippen molar-refractivity contribution in [2.45, 2.75) is 38.6 Å². The standard InChI is InChI=1S/C36H37ClN2O5S/c1-2-3-24-45(42,43)38-22-20-34-31(21-23-44-30-17-14-28(15-18-30)36(40)41)32-25-29(37)16-19-33(32)39(34)35(26-10-6-4-7-11-26)27-12-8-5-9-13-27/h4-19,25,35,38H,2-3,20-24H2,1H3,(H,40,41). The molecule has 0 atom stereocenters. The molecule has 0 spiro atoms. The maximum Gasteiger partial charge on any atom is 0.335 e. The first-order valence-corrected chi connectivity index (χ1v) is 17.1. The van der Waals surface area contributed by atoms with Crippen LogP contribution in [0.5, 0.6) is 5.75 Å². The summed E-state index contributed by atoms with van der Waals surface area (Å²) < 4.78 is 36.7. The van der Waals surface area contributed by atoms with Crippen LogP contribution in [0, 0.1) is 0 Å². The number of sulfonamides is 1. The number of nitrogens with one attached hydrogen (secondary N) is 1. The first-order chi connectivity index (χ1) is 21.8. The molecule has 9 heteroatoms. The molecular formula is C36H37ClN2O5S. The van der Waals surface area contributed by atoms with Gasteiger partial charge in [-0.2, -0.15) is 0 Å². The van der Waals surface area contributed by atoms with Gasteiger partial charge in [0.2, 0.25) is 10.0 Å². The minimum atomic E-state index is -3.41. The molecule has 1 heterocycles. The van der Waals surface area contributed by atoms with E-state index >= 15 is 0 Å². The van der Waals surface area contributed by atoms with E-state index in [0.717, 1.165) is 39.7 Å². The van der Waals surface area contributed by atoms with E-state index in [0.29, 0.717) is 36.6 Å². The third-order valence-electron chi connectivity index (χ3n) is 7.84. The third kappa shape index (κ3) is 7.95. The van der Waals surface area contributed by atoms with E-state index in [1.807, 2.05) is 61.5 Å². The van der Waals surface area contributed by atoms with Gasteiger partial charge in [-0.05, 0) is 65.6 Å². The highest BCUT2D eigenvalue weighted by molar-refractivity contribution is 7.89. The molecule has 0 radical (unpaired) electrons. The van der Waals surface area contributed by atoms with E-state index in [2.05, 4.69) is 33.6 Å². The zero-order valence-electron chi connectivity index (χ0n) is 25.2. The molecule has 1 aromatic heterocycles. The van der Waals surface area contributed by atoms with Crippen LogP contribution < -0.4 is 9.46 Å². The minimum Gasteiger partial charge on any atom is -0.493 e. The Morgan fingerprint density at radius 3 is 2.16 bits per heavy atom. The van der Waals surface area contributed by atoms with Gasteiger partial charge in [0, 0.05) is 41.0 Å². The SMILES string of the molecule is CCCCS(=O)(=O)NCCc1c(CCOc2ccc(C(=O)O)cc2)c2cc(Cl)ccc2n1C(c1ccccc1)c1ccccc1. The lowest BCUT2D eigenvalue weighted by atomic mass is 9.97. The number of hydrogen-bond acceptors (Lipinski definition) is 4.